The van der Waals surface area contributed by atoms with Crippen molar-refractivity contribution in [3.05, 3.63) is 22.4 Å². The van der Waals surface area contributed by atoms with E-state index in [0.717, 1.165) is 13.1 Å². The van der Waals surface area contributed by atoms with Crippen molar-refractivity contribution in [1.82, 2.24) is 4.90 Å². The number of aliphatic hydroxyl groups excluding tert-OH is 1. The average molecular weight is 199 g/mol. The third-order valence-corrected chi connectivity index (χ3v) is 2.92. The molecule has 0 fully saturated rings. The molecule has 2 nitrogen and oxygen atoms in total. The van der Waals surface area contributed by atoms with Crippen LogP contribution in [0.3, 0.4) is 0 Å². The van der Waals surface area contributed by atoms with Crippen molar-refractivity contribution in [2.75, 3.05) is 13.2 Å². The summed E-state index contributed by atoms with van der Waals surface area (Å²) in [6, 6.07) is 4.70. The van der Waals surface area contributed by atoms with Crippen LogP contribution >= 0.6 is 11.3 Å². The standard InChI is InChI=1S/C10H17NOS/c1-9(2)11(5-6-12)8-10-4-3-7-13-10/h3-4,7,9,12H,5-6,8H2,1-2H3. The molecule has 0 aliphatic carbocycles. The zero-order valence-electron chi connectivity index (χ0n) is 8.23. The predicted molar refractivity (Wildman–Crippen MR) is 57.0 cm³/mol. The maximum absolute atomic E-state index is 8.88. The maximum atomic E-state index is 8.88. The van der Waals surface area contributed by atoms with Crippen LogP contribution in [0.5, 0.6) is 0 Å². The van der Waals surface area contributed by atoms with Gasteiger partial charge in [-0.1, -0.05) is 6.07 Å². The summed E-state index contributed by atoms with van der Waals surface area (Å²) in [7, 11) is 0. The molecule has 0 spiro atoms. The van der Waals surface area contributed by atoms with Crippen LogP contribution in [0.2, 0.25) is 0 Å². The molecule has 1 aromatic rings. The average Bonchev–Trinajstić information content (AvgIpc) is 2.56. The van der Waals surface area contributed by atoms with Crippen LogP contribution in [0.15, 0.2) is 17.5 Å². The summed E-state index contributed by atoms with van der Waals surface area (Å²) < 4.78 is 0. The topological polar surface area (TPSA) is 23.5 Å². The summed E-state index contributed by atoms with van der Waals surface area (Å²) in [6.45, 7) is 6.27. The van der Waals surface area contributed by atoms with E-state index in [1.807, 2.05) is 0 Å². The minimum atomic E-state index is 0.240. The van der Waals surface area contributed by atoms with Crippen molar-refractivity contribution in [3.8, 4) is 0 Å². The summed E-state index contributed by atoms with van der Waals surface area (Å²) in [5, 5.41) is 11.0. The van der Waals surface area contributed by atoms with Gasteiger partial charge in [0, 0.05) is 24.0 Å². The highest BCUT2D eigenvalue weighted by Gasteiger charge is 2.09. The van der Waals surface area contributed by atoms with Gasteiger partial charge in [0.25, 0.3) is 0 Å². The van der Waals surface area contributed by atoms with Gasteiger partial charge in [-0.3, -0.25) is 4.90 Å². The molecular formula is C10H17NOS. The molecule has 1 aromatic heterocycles. The molecule has 1 rings (SSSR count). The third-order valence-electron chi connectivity index (χ3n) is 2.06. The predicted octanol–water partition coefficient (Wildman–Crippen LogP) is 1.95. The normalized spacial score (nSPS) is 11.5. The summed E-state index contributed by atoms with van der Waals surface area (Å²) in [5.74, 6) is 0. The first-order valence-electron chi connectivity index (χ1n) is 4.61. The van der Waals surface area contributed by atoms with Crippen LogP contribution in [-0.2, 0) is 6.54 Å². The van der Waals surface area contributed by atoms with E-state index in [9.17, 15) is 0 Å². The van der Waals surface area contributed by atoms with Gasteiger partial charge in [0.1, 0.15) is 0 Å². The van der Waals surface area contributed by atoms with Crippen LogP contribution in [0, 0.1) is 0 Å². The second-order valence-corrected chi connectivity index (χ2v) is 4.40. The van der Waals surface area contributed by atoms with E-state index in [2.05, 4.69) is 36.3 Å². The fraction of sp³-hybridized carbons (Fsp3) is 0.600. The van der Waals surface area contributed by atoms with Crippen molar-refractivity contribution in [3.63, 3.8) is 0 Å². The lowest BCUT2D eigenvalue weighted by Gasteiger charge is -2.24. The Hall–Kier alpha value is -0.380. The van der Waals surface area contributed by atoms with E-state index in [1.165, 1.54) is 4.88 Å². The number of nitrogens with zero attached hydrogens (tertiary/aromatic N) is 1. The van der Waals surface area contributed by atoms with Crippen molar-refractivity contribution >= 4 is 11.3 Å². The number of hydrogen-bond donors (Lipinski definition) is 1. The van der Waals surface area contributed by atoms with Crippen LogP contribution in [0.1, 0.15) is 18.7 Å². The van der Waals surface area contributed by atoms with Crippen LogP contribution in [-0.4, -0.2) is 29.2 Å². The van der Waals surface area contributed by atoms with Crippen LogP contribution in [0.25, 0.3) is 0 Å². The first kappa shape index (κ1) is 10.7. The molecule has 0 radical (unpaired) electrons. The van der Waals surface area contributed by atoms with Crippen molar-refractivity contribution in [2.24, 2.45) is 0 Å². The van der Waals surface area contributed by atoms with Gasteiger partial charge in [-0.05, 0) is 25.3 Å². The molecule has 0 amide bonds. The van der Waals surface area contributed by atoms with E-state index in [0.29, 0.717) is 6.04 Å². The zero-order valence-corrected chi connectivity index (χ0v) is 9.05. The summed E-state index contributed by atoms with van der Waals surface area (Å²) in [5.41, 5.74) is 0. The zero-order chi connectivity index (χ0) is 9.68. The first-order chi connectivity index (χ1) is 6.24. The second-order valence-electron chi connectivity index (χ2n) is 3.37. The Kier molecular flexibility index (Phi) is 4.42. The number of hydrogen-bond acceptors (Lipinski definition) is 3. The van der Waals surface area contributed by atoms with Crippen LogP contribution in [0.4, 0.5) is 0 Å². The molecule has 0 aromatic carbocycles. The lowest BCUT2D eigenvalue weighted by Crippen LogP contribution is -2.32. The van der Waals surface area contributed by atoms with Gasteiger partial charge in [-0.15, -0.1) is 11.3 Å². The Morgan fingerprint density at radius 2 is 2.31 bits per heavy atom. The Labute approximate surface area is 83.8 Å². The SMILES string of the molecule is CC(C)N(CCO)Cc1cccs1. The highest BCUT2D eigenvalue weighted by molar-refractivity contribution is 7.09. The summed E-state index contributed by atoms with van der Waals surface area (Å²) in [6.07, 6.45) is 0. The lowest BCUT2D eigenvalue weighted by molar-refractivity contribution is 0.160. The van der Waals surface area contributed by atoms with E-state index >= 15 is 0 Å². The molecule has 0 saturated heterocycles. The molecule has 0 unspecified atom stereocenters. The molecule has 0 aliphatic rings. The van der Waals surface area contributed by atoms with E-state index in [4.69, 9.17) is 5.11 Å². The van der Waals surface area contributed by atoms with Crippen molar-refractivity contribution in [1.29, 1.82) is 0 Å². The second kappa shape index (κ2) is 5.37. The molecular weight excluding hydrogens is 182 g/mol. The number of thiophene rings is 1. The quantitative estimate of drug-likeness (QED) is 0.783. The largest absolute Gasteiger partial charge is 0.395 e. The molecule has 1 N–H and O–H groups in total. The van der Waals surface area contributed by atoms with Gasteiger partial charge < -0.3 is 5.11 Å². The minimum Gasteiger partial charge on any atom is -0.395 e. The van der Waals surface area contributed by atoms with Crippen molar-refractivity contribution < 1.29 is 5.11 Å². The Bertz CT molecular complexity index is 221. The third kappa shape index (κ3) is 3.46. The van der Waals surface area contributed by atoms with Gasteiger partial charge in [0.2, 0.25) is 0 Å². The highest BCUT2D eigenvalue weighted by atomic mass is 32.1. The molecule has 0 saturated carbocycles. The van der Waals surface area contributed by atoms with Crippen LogP contribution < -0.4 is 0 Å². The van der Waals surface area contributed by atoms with Gasteiger partial charge in [-0.2, -0.15) is 0 Å². The maximum Gasteiger partial charge on any atom is 0.0558 e. The molecule has 74 valence electrons. The van der Waals surface area contributed by atoms with Gasteiger partial charge >= 0.3 is 0 Å². The Morgan fingerprint density at radius 3 is 2.77 bits per heavy atom. The number of aliphatic hydroxyl groups is 1. The lowest BCUT2D eigenvalue weighted by atomic mass is 10.3. The van der Waals surface area contributed by atoms with E-state index in [-0.39, 0.29) is 6.61 Å². The van der Waals surface area contributed by atoms with Gasteiger partial charge in [0.15, 0.2) is 0 Å². The summed E-state index contributed by atoms with van der Waals surface area (Å²) in [4.78, 5) is 3.63. The fourth-order valence-corrected chi connectivity index (χ4v) is 1.98. The van der Waals surface area contributed by atoms with Gasteiger partial charge in [0.05, 0.1) is 6.61 Å². The molecule has 13 heavy (non-hydrogen) atoms. The van der Waals surface area contributed by atoms with E-state index < -0.39 is 0 Å². The molecule has 1 heterocycles. The number of rotatable bonds is 5. The van der Waals surface area contributed by atoms with Crippen molar-refractivity contribution in [2.45, 2.75) is 26.4 Å². The fourth-order valence-electron chi connectivity index (χ4n) is 1.25. The smallest absolute Gasteiger partial charge is 0.0558 e. The van der Waals surface area contributed by atoms with Gasteiger partial charge in [-0.25, -0.2) is 0 Å². The molecule has 0 aliphatic heterocycles. The first-order valence-corrected chi connectivity index (χ1v) is 5.49. The molecule has 3 heteroatoms. The molecule has 0 atom stereocenters. The summed E-state index contributed by atoms with van der Waals surface area (Å²) >= 11 is 1.77. The Balaban J connectivity index is 2.47. The highest BCUT2D eigenvalue weighted by Crippen LogP contribution is 2.13. The van der Waals surface area contributed by atoms with E-state index in [1.54, 1.807) is 11.3 Å². The minimum absolute atomic E-state index is 0.240. The monoisotopic (exact) mass is 199 g/mol. The molecule has 0 bridgehead atoms. The Morgan fingerprint density at radius 1 is 1.54 bits per heavy atom.